The van der Waals surface area contributed by atoms with Crippen molar-refractivity contribution in [1.82, 2.24) is 4.57 Å². The summed E-state index contributed by atoms with van der Waals surface area (Å²) in [5, 5.41) is 9.52. The Labute approximate surface area is 124 Å². The van der Waals surface area contributed by atoms with Crippen molar-refractivity contribution >= 4 is 27.4 Å². The van der Waals surface area contributed by atoms with Crippen LogP contribution < -0.4 is 5.56 Å². The molecule has 4 nitrogen and oxygen atoms in total. The van der Waals surface area contributed by atoms with Crippen molar-refractivity contribution in [2.24, 2.45) is 0 Å². The van der Waals surface area contributed by atoms with E-state index in [4.69, 9.17) is 5.11 Å². The van der Waals surface area contributed by atoms with Crippen molar-refractivity contribution in [1.29, 1.82) is 0 Å². The molecule has 0 fully saturated rings. The van der Waals surface area contributed by atoms with Gasteiger partial charge in [0.2, 0.25) is 0 Å². The summed E-state index contributed by atoms with van der Waals surface area (Å²) < 4.78 is 2.40. The highest BCUT2D eigenvalue weighted by Crippen LogP contribution is 2.24. The van der Waals surface area contributed by atoms with Gasteiger partial charge in [0.1, 0.15) is 4.88 Å². The Balaban J connectivity index is 2.15. The number of aryl methyl sites for hydroxylation is 1. The number of thiophene rings is 1. The summed E-state index contributed by atoms with van der Waals surface area (Å²) in [7, 11) is 0. The summed E-state index contributed by atoms with van der Waals surface area (Å²) in [4.78, 5) is 23.8. The Hall–Kier alpha value is -2.40. The molecule has 0 amide bonds. The zero-order chi connectivity index (χ0) is 15.0. The van der Waals surface area contributed by atoms with Gasteiger partial charge in [0.25, 0.3) is 5.56 Å². The highest BCUT2D eigenvalue weighted by molar-refractivity contribution is 7.20. The van der Waals surface area contributed by atoms with E-state index in [0.717, 1.165) is 27.3 Å². The molecule has 0 unspecified atom stereocenters. The molecule has 0 saturated heterocycles. The number of aromatic nitrogens is 1. The van der Waals surface area contributed by atoms with Crippen LogP contribution in [-0.2, 0) is 6.54 Å². The fourth-order valence-corrected chi connectivity index (χ4v) is 3.31. The summed E-state index contributed by atoms with van der Waals surface area (Å²) in [5.41, 5.74) is 1.73. The fourth-order valence-electron chi connectivity index (χ4n) is 2.32. The summed E-state index contributed by atoms with van der Waals surface area (Å²) in [6.45, 7) is 2.35. The molecule has 1 aromatic carbocycles. The number of hydrogen-bond acceptors (Lipinski definition) is 3. The van der Waals surface area contributed by atoms with E-state index in [1.54, 1.807) is 4.57 Å². The first-order chi connectivity index (χ1) is 10.1. The molecule has 0 aliphatic rings. The molecule has 0 aliphatic heterocycles. The van der Waals surface area contributed by atoms with Crippen LogP contribution in [0.1, 0.15) is 20.9 Å². The van der Waals surface area contributed by atoms with Crippen LogP contribution in [0.3, 0.4) is 0 Å². The first-order valence-corrected chi connectivity index (χ1v) is 7.29. The Bertz CT molecular complexity index is 878. The van der Waals surface area contributed by atoms with Crippen LogP contribution >= 0.6 is 11.3 Å². The highest BCUT2D eigenvalue weighted by Gasteiger charge is 2.14. The molecule has 0 aliphatic carbocycles. The van der Waals surface area contributed by atoms with Crippen LogP contribution in [0.4, 0.5) is 0 Å². The van der Waals surface area contributed by atoms with Crippen molar-refractivity contribution in [3.05, 3.63) is 69.0 Å². The second-order valence-electron chi connectivity index (χ2n) is 4.86. The smallest absolute Gasteiger partial charge is 0.345 e. The van der Waals surface area contributed by atoms with Gasteiger partial charge in [0, 0.05) is 10.4 Å². The lowest BCUT2D eigenvalue weighted by Crippen LogP contribution is -2.22. The lowest BCUT2D eigenvalue weighted by atomic mass is 10.2. The van der Waals surface area contributed by atoms with Crippen LogP contribution in [0.15, 0.2) is 47.3 Å². The number of carbonyl (C=O) groups is 1. The summed E-state index contributed by atoms with van der Waals surface area (Å²) in [6.07, 6.45) is 0. The predicted molar refractivity (Wildman–Crippen MR) is 83.3 cm³/mol. The number of carboxylic acid groups (broad SMARTS) is 1. The standard InChI is InChI=1S/C16H13NO3S/c1-10-7-13-12(8-14(21-13)16(19)20)15(18)17(10)9-11-5-3-2-4-6-11/h2-8H,9H2,1H3,(H,19,20). The third kappa shape index (κ3) is 2.48. The predicted octanol–water partition coefficient (Wildman–Crippen LogP) is 3.12. The molecule has 0 bridgehead atoms. The quantitative estimate of drug-likeness (QED) is 0.808. The molecular formula is C16H13NO3S. The summed E-state index contributed by atoms with van der Waals surface area (Å²) in [5.74, 6) is -0.997. The second kappa shape index (κ2) is 5.18. The van der Waals surface area contributed by atoms with Gasteiger partial charge in [-0.25, -0.2) is 4.79 Å². The molecule has 0 radical (unpaired) electrons. The van der Waals surface area contributed by atoms with Crippen molar-refractivity contribution in [3.63, 3.8) is 0 Å². The van der Waals surface area contributed by atoms with E-state index in [0.29, 0.717) is 11.9 Å². The number of pyridine rings is 1. The molecular weight excluding hydrogens is 286 g/mol. The van der Waals surface area contributed by atoms with Gasteiger partial charge in [0.15, 0.2) is 0 Å². The zero-order valence-corrected chi connectivity index (χ0v) is 12.2. The molecule has 0 atom stereocenters. The van der Waals surface area contributed by atoms with Crippen molar-refractivity contribution in [2.75, 3.05) is 0 Å². The molecule has 2 aromatic heterocycles. The van der Waals surface area contributed by atoms with Gasteiger partial charge in [-0.05, 0) is 24.6 Å². The number of nitrogens with zero attached hydrogens (tertiary/aromatic N) is 1. The lowest BCUT2D eigenvalue weighted by molar-refractivity contribution is 0.0702. The van der Waals surface area contributed by atoms with E-state index in [1.807, 2.05) is 43.3 Å². The number of carboxylic acids is 1. The summed E-state index contributed by atoms with van der Waals surface area (Å²) in [6, 6.07) is 13.1. The molecule has 106 valence electrons. The molecule has 1 N–H and O–H groups in total. The first kappa shape index (κ1) is 13.6. The Morgan fingerprint density at radius 3 is 2.62 bits per heavy atom. The van der Waals surface area contributed by atoms with Crippen LogP contribution in [-0.4, -0.2) is 15.6 Å². The normalized spacial score (nSPS) is 10.9. The Morgan fingerprint density at radius 2 is 1.95 bits per heavy atom. The van der Waals surface area contributed by atoms with Crippen molar-refractivity contribution < 1.29 is 9.90 Å². The third-order valence-electron chi connectivity index (χ3n) is 3.40. The van der Waals surface area contributed by atoms with Crippen LogP contribution in [0.2, 0.25) is 0 Å². The van der Waals surface area contributed by atoms with Gasteiger partial charge in [-0.1, -0.05) is 30.3 Å². The number of benzene rings is 1. The Kier molecular flexibility index (Phi) is 3.35. The van der Waals surface area contributed by atoms with Gasteiger partial charge < -0.3 is 9.67 Å². The highest BCUT2D eigenvalue weighted by atomic mass is 32.1. The molecule has 21 heavy (non-hydrogen) atoms. The monoisotopic (exact) mass is 299 g/mol. The van der Waals surface area contributed by atoms with Crippen molar-refractivity contribution in [3.8, 4) is 0 Å². The first-order valence-electron chi connectivity index (χ1n) is 6.47. The van der Waals surface area contributed by atoms with Gasteiger partial charge >= 0.3 is 5.97 Å². The van der Waals surface area contributed by atoms with E-state index in [9.17, 15) is 9.59 Å². The van der Waals surface area contributed by atoms with Gasteiger partial charge in [0.05, 0.1) is 11.9 Å². The van der Waals surface area contributed by atoms with E-state index < -0.39 is 5.97 Å². The fraction of sp³-hybridized carbons (Fsp3) is 0.125. The maximum absolute atomic E-state index is 12.6. The minimum Gasteiger partial charge on any atom is -0.477 e. The van der Waals surface area contributed by atoms with Crippen LogP contribution in [0.25, 0.3) is 10.1 Å². The van der Waals surface area contributed by atoms with E-state index >= 15 is 0 Å². The largest absolute Gasteiger partial charge is 0.477 e. The van der Waals surface area contributed by atoms with Gasteiger partial charge in [-0.15, -0.1) is 11.3 Å². The van der Waals surface area contributed by atoms with Crippen LogP contribution in [0, 0.1) is 6.92 Å². The maximum atomic E-state index is 12.6. The topological polar surface area (TPSA) is 59.3 Å². The second-order valence-corrected chi connectivity index (χ2v) is 5.94. The lowest BCUT2D eigenvalue weighted by Gasteiger charge is -2.10. The van der Waals surface area contributed by atoms with E-state index in [1.165, 1.54) is 6.07 Å². The molecule has 2 heterocycles. The number of aromatic carboxylic acids is 1. The SMILES string of the molecule is Cc1cc2sc(C(=O)O)cc2c(=O)n1Cc1ccccc1. The zero-order valence-electron chi connectivity index (χ0n) is 11.4. The number of hydrogen-bond donors (Lipinski definition) is 1. The Morgan fingerprint density at radius 1 is 1.24 bits per heavy atom. The van der Waals surface area contributed by atoms with E-state index in [2.05, 4.69) is 0 Å². The minimum atomic E-state index is -0.997. The van der Waals surface area contributed by atoms with Crippen molar-refractivity contribution in [2.45, 2.75) is 13.5 Å². The number of rotatable bonds is 3. The van der Waals surface area contributed by atoms with Gasteiger partial charge in [-0.3, -0.25) is 4.79 Å². The van der Waals surface area contributed by atoms with Gasteiger partial charge in [-0.2, -0.15) is 0 Å². The number of fused-ring (bicyclic) bond motifs is 1. The van der Waals surface area contributed by atoms with Crippen LogP contribution in [0.5, 0.6) is 0 Å². The molecule has 5 heteroatoms. The minimum absolute atomic E-state index is 0.141. The third-order valence-corrected chi connectivity index (χ3v) is 4.47. The molecule has 3 aromatic rings. The molecule has 0 spiro atoms. The molecule has 3 rings (SSSR count). The summed E-state index contributed by atoms with van der Waals surface area (Å²) >= 11 is 1.14. The maximum Gasteiger partial charge on any atom is 0.345 e. The average Bonchev–Trinajstić information content (AvgIpc) is 2.89. The average molecular weight is 299 g/mol. The van der Waals surface area contributed by atoms with E-state index in [-0.39, 0.29) is 10.4 Å². The molecule has 0 saturated carbocycles.